The second-order valence-electron chi connectivity index (χ2n) is 3.78. The van der Waals surface area contributed by atoms with Crippen LogP contribution in [-0.2, 0) is 11.3 Å². The lowest BCUT2D eigenvalue weighted by atomic mass is 10.2. The van der Waals surface area contributed by atoms with E-state index in [1.54, 1.807) is 0 Å². The molecule has 0 radical (unpaired) electrons. The standard InChI is InChI=1S/C13H15BrN2O/c1-3-7-15-13(17)10-16(2)9-11-5-4-6-12(14)8-11/h1,4-6,8H,7,9-10H2,2H3,(H,15,17). The van der Waals surface area contributed by atoms with E-state index in [0.717, 1.165) is 16.6 Å². The van der Waals surface area contributed by atoms with Crippen molar-refractivity contribution < 1.29 is 4.79 Å². The van der Waals surface area contributed by atoms with Crippen molar-refractivity contribution >= 4 is 21.8 Å². The molecule has 0 aliphatic rings. The van der Waals surface area contributed by atoms with Gasteiger partial charge in [-0.05, 0) is 24.7 Å². The third kappa shape index (κ3) is 5.53. The maximum Gasteiger partial charge on any atom is 0.234 e. The molecule has 0 aromatic heterocycles. The van der Waals surface area contributed by atoms with Crippen molar-refractivity contribution in [2.75, 3.05) is 20.1 Å². The minimum atomic E-state index is -0.0551. The number of nitrogens with one attached hydrogen (secondary N) is 1. The summed E-state index contributed by atoms with van der Waals surface area (Å²) in [6, 6.07) is 8.02. The van der Waals surface area contributed by atoms with Gasteiger partial charge in [-0.3, -0.25) is 9.69 Å². The van der Waals surface area contributed by atoms with Gasteiger partial charge < -0.3 is 5.32 Å². The van der Waals surface area contributed by atoms with Crippen molar-refractivity contribution in [3.8, 4) is 12.3 Å². The zero-order valence-electron chi connectivity index (χ0n) is 9.74. The van der Waals surface area contributed by atoms with Crippen molar-refractivity contribution in [3.05, 3.63) is 34.3 Å². The van der Waals surface area contributed by atoms with Gasteiger partial charge in [0.15, 0.2) is 0 Å². The Bertz CT molecular complexity index is 426. The average Bonchev–Trinajstić information content (AvgIpc) is 2.26. The van der Waals surface area contributed by atoms with Gasteiger partial charge >= 0.3 is 0 Å². The van der Waals surface area contributed by atoms with Gasteiger partial charge in [0.25, 0.3) is 0 Å². The summed E-state index contributed by atoms with van der Waals surface area (Å²) >= 11 is 3.42. The van der Waals surface area contributed by atoms with Gasteiger partial charge in [0.1, 0.15) is 0 Å². The van der Waals surface area contributed by atoms with Gasteiger partial charge in [0, 0.05) is 11.0 Å². The molecular weight excluding hydrogens is 280 g/mol. The fraction of sp³-hybridized carbons (Fsp3) is 0.308. The zero-order valence-corrected chi connectivity index (χ0v) is 11.3. The van der Waals surface area contributed by atoms with E-state index in [0.29, 0.717) is 6.54 Å². The van der Waals surface area contributed by atoms with E-state index in [2.05, 4.69) is 27.2 Å². The first-order chi connectivity index (χ1) is 8.11. The monoisotopic (exact) mass is 294 g/mol. The van der Waals surface area contributed by atoms with E-state index >= 15 is 0 Å². The number of amides is 1. The zero-order chi connectivity index (χ0) is 12.7. The number of terminal acetylenes is 1. The second-order valence-corrected chi connectivity index (χ2v) is 4.70. The molecule has 4 heteroatoms. The molecule has 1 aromatic carbocycles. The fourth-order valence-electron chi connectivity index (χ4n) is 1.45. The Morgan fingerprint density at radius 3 is 3.00 bits per heavy atom. The van der Waals surface area contributed by atoms with Gasteiger partial charge in [0.05, 0.1) is 13.1 Å². The molecule has 90 valence electrons. The number of nitrogens with zero attached hydrogens (tertiary/aromatic N) is 1. The van der Waals surface area contributed by atoms with E-state index in [4.69, 9.17) is 6.42 Å². The van der Waals surface area contributed by atoms with Crippen molar-refractivity contribution in [1.29, 1.82) is 0 Å². The largest absolute Gasteiger partial charge is 0.344 e. The Morgan fingerprint density at radius 1 is 1.59 bits per heavy atom. The van der Waals surface area contributed by atoms with Gasteiger partial charge in [-0.1, -0.05) is 34.0 Å². The first-order valence-corrected chi connectivity index (χ1v) is 6.04. The summed E-state index contributed by atoms with van der Waals surface area (Å²) in [7, 11) is 1.90. The topological polar surface area (TPSA) is 32.3 Å². The molecule has 0 unspecified atom stereocenters. The van der Waals surface area contributed by atoms with Crippen LogP contribution in [0.4, 0.5) is 0 Å². The highest BCUT2D eigenvalue weighted by atomic mass is 79.9. The van der Waals surface area contributed by atoms with Crippen molar-refractivity contribution in [1.82, 2.24) is 10.2 Å². The predicted molar refractivity (Wildman–Crippen MR) is 72.3 cm³/mol. The van der Waals surface area contributed by atoms with Crippen molar-refractivity contribution in [2.45, 2.75) is 6.54 Å². The summed E-state index contributed by atoms with van der Waals surface area (Å²) in [4.78, 5) is 13.4. The highest BCUT2D eigenvalue weighted by molar-refractivity contribution is 9.10. The molecular formula is C13H15BrN2O. The highest BCUT2D eigenvalue weighted by Gasteiger charge is 2.06. The Morgan fingerprint density at radius 2 is 2.35 bits per heavy atom. The number of benzene rings is 1. The van der Waals surface area contributed by atoms with Crippen molar-refractivity contribution in [2.24, 2.45) is 0 Å². The lowest BCUT2D eigenvalue weighted by molar-refractivity contribution is -0.121. The van der Waals surface area contributed by atoms with Gasteiger partial charge in [-0.25, -0.2) is 0 Å². The van der Waals surface area contributed by atoms with Crippen LogP contribution in [0.2, 0.25) is 0 Å². The fourth-order valence-corrected chi connectivity index (χ4v) is 1.90. The Labute approximate surface area is 110 Å². The van der Waals surface area contributed by atoms with Crippen LogP contribution in [0, 0.1) is 12.3 Å². The lowest BCUT2D eigenvalue weighted by Gasteiger charge is -2.16. The maximum atomic E-state index is 11.4. The van der Waals surface area contributed by atoms with E-state index in [-0.39, 0.29) is 12.5 Å². The lowest BCUT2D eigenvalue weighted by Crippen LogP contribution is -2.34. The third-order valence-electron chi connectivity index (χ3n) is 2.14. The predicted octanol–water partition coefficient (Wildman–Crippen LogP) is 1.63. The minimum Gasteiger partial charge on any atom is -0.344 e. The number of rotatable bonds is 5. The molecule has 0 aliphatic carbocycles. The summed E-state index contributed by atoms with van der Waals surface area (Å²) in [5.41, 5.74) is 1.16. The quantitative estimate of drug-likeness (QED) is 0.837. The second kappa shape index (κ2) is 7.10. The molecule has 0 spiro atoms. The van der Waals surface area contributed by atoms with Gasteiger partial charge in [0.2, 0.25) is 5.91 Å². The normalized spacial score (nSPS) is 10.0. The molecule has 1 amide bonds. The van der Waals surface area contributed by atoms with Crippen LogP contribution in [-0.4, -0.2) is 30.9 Å². The van der Waals surface area contributed by atoms with E-state index in [1.807, 2.05) is 36.2 Å². The molecule has 0 atom stereocenters. The van der Waals surface area contributed by atoms with Crippen LogP contribution in [0.25, 0.3) is 0 Å². The molecule has 1 N–H and O–H groups in total. The highest BCUT2D eigenvalue weighted by Crippen LogP contribution is 2.12. The molecule has 1 aromatic rings. The molecule has 0 saturated carbocycles. The SMILES string of the molecule is C#CCNC(=O)CN(C)Cc1cccc(Br)c1. The summed E-state index contributed by atoms with van der Waals surface area (Å²) in [6.07, 6.45) is 5.06. The third-order valence-corrected chi connectivity index (χ3v) is 2.64. The number of halogens is 1. The van der Waals surface area contributed by atoms with Crippen LogP contribution < -0.4 is 5.32 Å². The molecule has 0 fully saturated rings. The molecule has 17 heavy (non-hydrogen) atoms. The number of hydrogen-bond acceptors (Lipinski definition) is 2. The summed E-state index contributed by atoms with van der Waals surface area (Å²) < 4.78 is 1.04. The van der Waals surface area contributed by atoms with Crippen LogP contribution >= 0.6 is 15.9 Å². The average molecular weight is 295 g/mol. The molecule has 3 nitrogen and oxygen atoms in total. The molecule has 0 bridgehead atoms. The van der Waals surface area contributed by atoms with Crippen LogP contribution in [0.15, 0.2) is 28.7 Å². The summed E-state index contributed by atoms with van der Waals surface area (Å²) in [5.74, 6) is 2.32. The first kappa shape index (κ1) is 13.8. The van der Waals surface area contributed by atoms with Crippen LogP contribution in [0.1, 0.15) is 5.56 Å². The van der Waals surface area contributed by atoms with Gasteiger partial charge in [-0.15, -0.1) is 6.42 Å². The molecule has 1 rings (SSSR count). The minimum absolute atomic E-state index is 0.0551. The first-order valence-electron chi connectivity index (χ1n) is 5.25. The smallest absolute Gasteiger partial charge is 0.234 e. The number of likely N-dealkylation sites (N-methyl/N-ethyl adjacent to an activating group) is 1. The molecule has 0 heterocycles. The number of hydrogen-bond donors (Lipinski definition) is 1. The van der Waals surface area contributed by atoms with E-state index in [9.17, 15) is 4.79 Å². The summed E-state index contributed by atoms with van der Waals surface area (Å²) in [6.45, 7) is 1.35. The Balaban J connectivity index is 2.42. The number of carbonyl (C=O) groups excluding carboxylic acids is 1. The van der Waals surface area contributed by atoms with Crippen molar-refractivity contribution in [3.63, 3.8) is 0 Å². The van der Waals surface area contributed by atoms with Crippen LogP contribution in [0.3, 0.4) is 0 Å². The Kier molecular flexibility index (Phi) is 5.75. The summed E-state index contributed by atoms with van der Waals surface area (Å²) in [5, 5.41) is 2.63. The molecule has 0 saturated heterocycles. The Hall–Kier alpha value is -1.31. The van der Waals surface area contributed by atoms with Crippen LogP contribution in [0.5, 0.6) is 0 Å². The van der Waals surface area contributed by atoms with E-state index < -0.39 is 0 Å². The van der Waals surface area contributed by atoms with E-state index in [1.165, 1.54) is 0 Å². The van der Waals surface area contributed by atoms with Gasteiger partial charge in [-0.2, -0.15) is 0 Å². The maximum absolute atomic E-state index is 11.4. The molecule has 0 aliphatic heterocycles. The number of carbonyl (C=O) groups is 1.